The number of ether oxygens (including phenoxy) is 1. The Balaban J connectivity index is 2.08. The molecule has 2 rings (SSSR count). The van der Waals surface area contributed by atoms with E-state index in [1.165, 1.54) is 0 Å². The Morgan fingerprint density at radius 3 is 2.52 bits per heavy atom. The summed E-state index contributed by atoms with van der Waals surface area (Å²) in [6, 6.07) is 17.3. The molecule has 3 heteroatoms. The Labute approximate surface area is 126 Å². The molecule has 0 bridgehead atoms. The second-order valence-corrected chi connectivity index (χ2v) is 5.00. The highest BCUT2D eigenvalue weighted by atomic mass is 16.5. The van der Waals surface area contributed by atoms with Gasteiger partial charge in [-0.2, -0.15) is 0 Å². The predicted molar refractivity (Wildman–Crippen MR) is 84.7 cm³/mol. The molecule has 0 saturated heterocycles. The monoisotopic (exact) mass is 283 g/mol. The van der Waals surface area contributed by atoms with Crippen LogP contribution in [0.25, 0.3) is 0 Å². The predicted octanol–water partition coefficient (Wildman–Crippen LogP) is 4.11. The molecule has 0 fully saturated rings. The van der Waals surface area contributed by atoms with Crippen molar-refractivity contribution in [2.24, 2.45) is 0 Å². The number of hydrogen-bond acceptors (Lipinski definition) is 2. The SMILES string of the molecule is CCCNC(=O)C(C)c1cccc(Oc2ccccc2)c1. The normalized spacial score (nSPS) is 11.7. The van der Waals surface area contributed by atoms with Crippen LogP contribution in [0.3, 0.4) is 0 Å². The van der Waals surface area contributed by atoms with Crippen molar-refractivity contribution in [1.82, 2.24) is 5.32 Å². The molecule has 1 N–H and O–H groups in total. The van der Waals surface area contributed by atoms with Crippen LogP contribution in [0, 0.1) is 0 Å². The molecule has 0 aliphatic carbocycles. The summed E-state index contributed by atoms with van der Waals surface area (Å²) in [5, 5.41) is 2.92. The van der Waals surface area contributed by atoms with Gasteiger partial charge in [-0.05, 0) is 43.2 Å². The summed E-state index contributed by atoms with van der Waals surface area (Å²) >= 11 is 0. The topological polar surface area (TPSA) is 38.3 Å². The molecule has 3 nitrogen and oxygen atoms in total. The van der Waals surface area contributed by atoms with Crippen molar-refractivity contribution in [2.45, 2.75) is 26.2 Å². The van der Waals surface area contributed by atoms with Gasteiger partial charge < -0.3 is 10.1 Å². The van der Waals surface area contributed by atoms with Gasteiger partial charge in [0.1, 0.15) is 11.5 Å². The van der Waals surface area contributed by atoms with E-state index in [0.717, 1.165) is 23.5 Å². The lowest BCUT2D eigenvalue weighted by Crippen LogP contribution is -2.28. The van der Waals surface area contributed by atoms with E-state index in [1.54, 1.807) is 0 Å². The minimum Gasteiger partial charge on any atom is -0.457 e. The molecule has 2 aromatic rings. The van der Waals surface area contributed by atoms with Crippen LogP contribution in [0.2, 0.25) is 0 Å². The van der Waals surface area contributed by atoms with Crippen molar-refractivity contribution in [1.29, 1.82) is 0 Å². The maximum atomic E-state index is 12.0. The van der Waals surface area contributed by atoms with Gasteiger partial charge in [-0.1, -0.05) is 37.3 Å². The van der Waals surface area contributed by atoms with E-state index in [1.807, 2.05) is 68.4 Å². The fourth-order valence-corrected chi connectivity index (χ4v) is 2.02. The highest BCUT2D eigenvalue weighted by molar-refractivity contribution is 5.83. The number of para-hydroxylation sites is 1. The van der Waals surface area contributed by atoms with E-state index in [0.29, 0.717) is 6.54 Å². The first-order chi connectivity index (χ1) is 10.2. The smallest absolute Gasteiger partial charge is 0.227 e. The van der Waals surface area contributed by atoms with Crippen LogP contribution in [-0.2, 0) is 4.79 Å². The van der Waals surface area contributed by atoms with Gasteiger partial charge in [0, 0.05) is 6.54 Å². The van der Waals surface area contributed by atoms with Crippen LogP contribution in [0.4, 0.5) is 0 Å². The van der Waals surface area contributed by atoms with Gasteiger partial charge in [-0.15, -0.1) is 0 Å². The van der Waals surface area contributed by atoms with Crippen LogP contribution in [0.5, 0.6) is 11.5 Å². The molecule has 1 atom stereocenters. The van der Waals surface area contributed by atoms with Crippen LogP contribution in [0.15, 0.2) is 54.6 Å². The Hall–Kier alpha value is -2.29. The van der Waals surface area contributed by atoms with E-state index >= 15 is 0 Å². The first kappa shape index (κ1) is 15.1. The van der Waals surface area contributed by atoms with Crippen molar-refractivity contribution in [3.05, 3.63) is 60.2 Å². The molecule has 0 aromatic heterocycles. The highest BCUT2D eigenvalue weighted by Gasteiger charge is 2.15. The molecule has 21 heavy (non-hydrogen) atoms. The number of rotatable bonds is 6. The Morgan fingerprint density at radius 1 is 1.10 bits per heavy atom. The molecule has 0 aliphatic rings. The van der Waals surface area contributed by atoms with Crippen molar-refractivity contribution >= 4 is 5.91 Å². The first-order valence-electron chi connectivity index (χ1n) is 7.31. The van der Waals surface area contributed by atoms with Crippen molar-refractivity contribution in [2.75, 3.05) is 6.54 Å². The van der Waals surface area contributed by atoms with E-state index in [9.17, 15) is 4.79 Å². The zero-order chi connectivity index (χ0) is 15.1. The Kier molecular flexibility index (Phi) is 5.38. The molecular formula is C18H21NO2. The largest absolute Gasteiger partial charge is 0.457 e. The molecule has 0 spiro atoms. The zero-order valence-corrected chi connectivity index (χ0v) is 12.5. The first-order valence-corrected chi connectivity index (χ1v) is 7.31. The van der Waals surface area contributed by atoms with E-state index < -0.39 is 0 Å². The summed E-state index contributed by atoms with van der Waals surface area (Å²) in [7, 11) is 0. The Morgan fingerprint density at radius 2 is 1.81 bits per heavy atom. The number of benzene rings is 2. The molecule has 1 amide bonds. The van der Waals surface area contributed by atoms with Crippen LogP contribution in [-0.4, -0.2) is 12.5 Å². The number of hydrogen-bond donors (Lipinski definition) is 1. The maximum Gasteiger partial charge on any atom is 0.227 e. The molecule has 2 aromatic carbocycles. The number of carbonyl (C=O) groups excluding carboxylic acids is 1. The maximum absolute atomic E-state index is 12.0. The van der Waals surface area contributed by atoms with Crippen LogP contribution < -0.4 is 10.1 Å². The van der Waals surface area contributed by atoms with Gasteiger partial charge in [0.05, 0.1) is 5.92 Å². The molecule has 0 radical (unpaired) electrons. The minimum atomic E-state index is -0.184. The Bertz CT molecular complexity index is 581. The standard InChI is InChI=1S/C18H21NO2/c1-3-12-19-18(20)14(2)15-8-7-11-17(13-15)21-16-9-5-4-6-10-16/h4-11,13-14H,3,12H2,1-2H3,(H,19,20). The van der Waals surface area contributed by atoms with E-state index in [2.05, 4.69) is 5.32 Å². The summed E-state index contributed by atoms with van der Waals surface area (Å²) in [6.07, 6.45) is 0.940. The lowest BCUT2D eigenvalue weighted by atomic mass is 10.00. The number of amides is 1. The second-order valence-electron chi connectivity index (χ2n) is 5.00. The summed E-state index contributed by atoms with van der Waals surface area (Å²) < 4.78 is 5.80. The molecule has 0 saturated carbocycles. The van der Waals surface area contributed by atoms with E-state index in [-0.39, 0.29) is 11.8 Å². The average molecular weight is 283 g/mol. The minimum absolute atomic E-state index is 0.0497. The van der Waals surface area contributed by atoms with Crippen LogP contribution in [0.1, 0.15) is 31.7 Å². The fourth-order valence-electron chi connectivity index (χ4n) is 2.02. The van der Waals surface area contributed by atoms with Crippen molar-refractivity contribution in [3.63, 3.8) is 0 Å². The van der Waals surface area contributed by atoms with Gasteiger partial charge >= 0.3 is 0 Å². The molecule has 1 unspecified atom stereocenters. The third kappa shape index (κ3) is 4.35. The number of carbonyl (C=O) groups is 1. The lowest BCUT2D eigenvalue weighted by Gasteiger charge is -2.13. The summed E-state index contributed by atoms with van der Waals surface area (Å²) in [4.78, 5) is 12.0. The van der Waals surface area contributed by atoms with Crippen LogP contribution >= 0.6 is 0 Å². The average Bonchev–Trinajstić information content (AvgIpc) is 2.53. The van der Waals surface area contributed by atoms with Gasteiger partial charge in [-0.25, -0.2) is 0 Å². The summed E-state index contributed by atoms with van der Waals surface area (Å²) in [5.41, 5.74) is 0.956. The lowest BCUT2D eigenvalue weighted by molar-refractivity contribution is -0.122. The second kappa shape index (κ2) is 7.48. The van der Waals surface area contributed by atoms with Gasteiger partial charge in [0.2, 0.25) is 5.91 Å². The van der Waals surface area contributed by atoms with Gasteiger partial charge in [0.25, 0.3) is 0 Å². The van der Waals surface area contributed by atoms with Gasteiger partial charge in [0.15, 0.2) is 0 Å². The third-order valence-electron chi connectivity index (χ3n) is 3.28. The van der Waals surface area contributed by atoms with Crippen molar-refractivity contribution in [3.8, 4) is 11.5 Å². The fraction of sp³-hybridized carbons (Fsp3) is 0.278. The molecule has 0 heterocycles. The van der Waals surface area contributed by atoms with Crippen molar-refractivity contribution < 1.29 is 9.53 Å². The molecular weight excluding hydrogens is 262 g/mol. The highest BCUT2D eigenvalue weighted by Crippen LogP contribution is 2.25. The van der Waals surface area contributed by atoms with E-state index in [4.69, 9.17) is 4.74 Å². The molecule has 110 valence electrons. The summed E-state index contributed by atoms with van der Waals surface area (Å²) in [5.74, 6) is 1.40. The molecule has 0 aliphatic heterocycles. The third-order valence-corrected chi connectivity index (χ3v) is 3.28. The summed E-state index contributed by atoms with van der Waals surface area (Å²) in [6.45, 7) is 4.66. The quantitative estimate of drug-likeness (QED) is 0.866. The zero-order valence-electron chi connectivity index (χ0n) is 12.5. The van der Waals surface area contributed by atoms with Gasteiger partial charge in [-0.3, -0.25) is 4.79 Å². The number of nitrogens with one attached hydrogen (secondary N) is 1.